The zero-order valence-electron chi connectivity index (χ0n) is 13.3. The van der Waals surface area contributed by atoms with Gasteiger partial charge in [-0.25, -0.2) is 0 Å². The first kappa shape index (κ1) is 15.6. The van der Waals surface area contributed by atoms with E-state index >= 15 is 0 Å². The highest BCUT2D eigenvalue weighted by molar-refractivity contribution is 7.79. The molecule has 0 atom stereocenters. The molecule has 3 aromatic rings. The third-order valence-corrected chi connectivity index (χ3v) is 6.59. The summed E-state index contributed by atoms with van der Waals surface area (Å²) < 4.78 is 0. The summed E-state index contributed by atoms with van der Waals surface area (Å²) in [5.41, 5.74) is 1.28. The first-order chi connectivity index (χ1) is 11.9. The fraction of sp³-hybridized carbons (Fsp3) is 0. The van der Waals surface area contributed by atoms with Gasteiger partial charge < -0.3 is 0 Å². The summed E-state index contributed by atoms with van der Waals surface area (Å²) in [5, 5.41) is 4.16. The Morgan fingerprint density at radius 2 is 0.917 bits per heavy atom. The zero-order chi connectivity index (χ0) is 16.2. The Kier molecular flexibility index (Phi) is 4.76. The molecular weight excluding hydrogens is 307 g/mol. The van der Waals surface area contributed by atoms with E-state index in [9.17, 15) is 0 Å². The molecular formula is C23H18P. The van der Waals surface area contributed by atoms with Gasteiger partial charge >= 0.3 is 0 Å². The molecule has 0 aromatic heterocycles. The summed E-state index contributed by atoms with van der Waals surface area (Å²) in [6, 6.07) is 30.7. The quantitative estimate of drug-likeness (QED) is 0.631. The molecule has 0 saturated heterocycles. The van der Waals surface area contributed by atoms with Crippen molar-refractivity contribution in [2.75, 3.05) is 0 Å². The maximum Gasteiger partial charge on any atom is 0.0124 e. The predicted molar refractivity (Wildman–Crippen MR) is 105 cm³/mol. The van der Waals surface area contributed by atoms with Gasteiger partial charge in [-0.15, -0.1) is 0 Å². The van der Waals surface area contributed by atoms with Crippen molar-refractivity contribution < 1.29 is 0 Å². The van der Waals surface area contributed by atoms with Crippen LogP contribution >= 0.6 is 7.92 Å². The van der Waals surface area contributed by atoms with Gasteiger partial charge in [-0.2, -0.15) is 0 Å². The second-order valence-electron chi connectivity index (χ2n) is 5.73. The molecule has 1 fully saturated rings. The third-order valence-electron chi connectivity index (χ3n) is 4.15. The molecule has 1 aliphatic rings. The average Bonchev–Trinajstić information content (AvgIpc) is 3.19. The van der Waals surface area contributed by atoms with Gasteiger partial charge in [0.2, 0.25) is 0 Å². The smallest absolute Gasteiger partial charge is 0.0124 e. The predicted octanol–water partition coefficient (Wildman–Crippen LogP) is 4.20. The van der Waals surface area contributed by atoms with Crippen molar-refractivity contribution in [3.63, 3.8) is 0 Å². The lowest BCUT2D eigenvalue weighted by atomic mass is 9.98. The van der Waals surface area contributed by atoms with Crippen LogP contribution in [0.15, 0.2) is 84.9 Å². The van der Waals surface area contributed by atoms with Crippen molar-refractivity contribution in [3.8, 4) is 0 Å². The Hall–Kier alpha value is -1.91. The topological polar surface area (TPSA) is 0 Å². The van der Waals surface area contributed by atoms with E-state index in [1.807, 2.05) is 0 Å². The van der Waals surface area contributed by atoms with E-state index in [2.05, 4.69) is 111 Å². The van der Waals surface area contributed by atoms with Crippen LogP contribution in [0.5, 0.6) is 0 Å². The summed E-state index contributed by atoms with van der Waals surface area (Å²) in [6.07, 6.45) is 8.49. The summed E-state index contributed by atoms with van der Waals surface area (Å²) in [5.74, 6) is 1.28. The molecule has 1 saturated carbocycles. The van der Waals surface area contributed by atoms with Crippen molar-refractivity contribution in [2.45, 2.75) is 0 Å². The molecule has 24 heavy (non-hydrogen) atoms. The second-order valence-corrected chi connectivity index (χ2v) is 7.95. The molecule has 0 bridgehead atoms. The SMILES string of the molecule is [CH]1[CH][CH][C](c2ccc(P(c3ccccc3)c3ccccc3)cc2)[CH]1. The van der Waals surface area contributed by atoms with Crippen LogP contribution < -0.4 is 15.9 Å². The van der Waals surface area contributed by atoms with Crippen molar-refractivity contribution >= 4 is 23.8 Å². The molecule has 0 spiro atoms. The van der Waals surface area contributed by atoms with Gasteiger partial charge in [0.1, 0.15) is 0 Å². The van der Waals surface area contributed by atoms with Gasteiger partial charge in [0.15, 0.2) is 0 Å². The van der Waals surface area contributed by atoms with Gasteiger partial charge in [-0.3, -0.25) is 0 Å². The summed E-state index contributed by atoms with van der Waals surface area (Å²) in [6.45, 7) is 0. The lowest BCUT2D eigenvalue weighted by Gasteiger charge is -2.20. The first-order valence-corrected chi connectivity index (χ1v) is 9.48. The van der Waals surface area contributed by atoms with E-state index < -0.39 is 7.92 Å². The van der Waals surface area contributed by atoms with Gasteiger partial charge in [0.05, 0.1) is 0 Å². The summed E-state index contributed by atoms with van der Waals surface area (Å²) in [4.78, 5) is 0. The van der Waals surface area contributed by atoms with E-state index in [-0.39, 0.29) is 0 Å². The molecule has 3 aromatic carbocycles. The third kappa shape index (κ3) is 3.30. The van der Waals surface area contributed by atoms with E-state index in [1.165, 1.54) is 27.4 Å². The van der Waals surface area contributed by atoms with E-state index in [0.29, 0.717) is 0 Å². The molecule has 115 valence electrons. The van der Waals surface area contributed by atoms with Crippen LogP contribution in [0.2, 0.25) is 0 Å². The lowest BCUT2D eigenvalue weighted by Crippen LogP contribution is -2.20. The number of rotatable bonds is 4. The van der Waals surface area contributed by atoms with Crippen LogP contribution in [-0.4, -0.2) is 0 Å². The van der Waals surface area contributed by atoms with Gasteiger partial charge in [0, 0.05) is 5.92 Å². The molecule has 1 heteroatoms. The van der Waals surface area contributed by atoms with Crippen LogP contribution in [0.25, 0.3) is 0 Å². The van der Waals surface area contributed by atoms with Gasteiger partial charge in [0.25, 0.3) is 0 Å². The van der Waals surface area contributed by atoms with Crippen LogP contribution in [0.3, 0.4) is 0 Å². The molecule has 0 unspecified atom stereocenters. The Bertz CT molecular complexity index is 717. The summed E-state index contributed by atoms with van der Waals surface area (Å²) >= 11 is 0. The highest BCUT2D eigenvalue weighted by Crippen LogP contribution is 2.34. The second kappa shape index (κ2) is 7.32. The lowest BCUT2D eigenvalue weighted by molar-refractivity contribution is 1.29. The molecule has 1 aliphatic carbocycles. The minimum atomic E-state index is -0.516. The van der Waals surface area contributed by atoms with E-state index in [1.54, 1.807) is 0 Å². The highest BCUT2D eigenvalue weighted by Gasteiger charge is 2.20. The van der Waals surface area contributed by atoms with Crippen molar-refractivity contribution in [2.24, 2.45) is 0 Å². The Morgan fingerprint density at radius 1 is 0.458 bits per heavy atom. The normalized spacial score (nSPS) is 15.0. The van der Waals surface area contributed by atoms with Crippen molar-refractivity contribution in [1.29, 1.82) is 0 Å². The minimum Gasteiger partial charge on any atom is -0.0622 e. The Labute approximate surface area is 146 Å². The van der Waals surface area contributed by atoms with E-state index in [4.69, 9.17) is 0 Å². The minimum absolute atomic E-state index is 0.516. The number of benzene rings is 3. The van der Waals surface area contributed by atoms with E-state index in [0.717, 1.165) is 0 Å². The molecule has 0 N–H and O–H groups in total. The fourth-order valence-corrected chi connectivity index (χ4v) is 5.25. The van der Waals surface area contributed by atoms with Crippen LogP contribution in [0.1, 0.15) is 5.56 Å². The molecule has 0 amide bonds. The summed E-state index contributed by atoms with van der Waals surface area (Å²) in [7, 11) is -0.516. The number of hydrogen-bond donors (Lipinski definition) is 0. The molecule has 0 heterocycles. The van der Waals surface area contributed by atoms with Crippen LogP contribution in [0.4, 0.5) is 0 Å². The standard InChI is InChI=1S/C23H18P/c1-3-11-21(12-4-1)24(22-13-5-2-6-14-22)23-17-15-20(16-18-23)19-9-7-8-10-19/h1-18H. The maximum absolute atomic E-state index is 2.29. The first-order valence-electron chi connectivity index (χ1n) is 8.14. The van der Waals surface area contributed by atoms with Crippen LogP contribution in [-0.2, 0) is 0 Å². The Morgan fingerprint density at radius 3 is 1.42 bits per heavy atom. The van der Waals surface area contributed by atoms with Gasteiger partial charge in [-0.1, -0.05) is 84.9 Å². The van der Waals surface area contributed by atoms with Crippen molar-refractivity contribution in [1.82, 2.24) is 0 Å². The van der Waals surface area contributed by atoms with Gasteiger partial charge in [-0.05, 0) is 55.1 Å². The zero-order valence-corrected chi connectivity index (χ0v) is 14.2. The highest BCUT2D eigenvalue weighted by atomic mass is 31.1. The van der Waals surface area contributed by atoms with Crippen molar-refractivity contribution in [3.05, 3.63) is 122 Å². The average molecular weight is 325 g/mol. The molecule has 4 rings (SSSR count). The fourth-order valence-electron chi connectivity index (χ4n) is 2.97. The Balaban J connectivity index is 1.71. The monoisotopic (exact) mass is 325 g/mol. The molecule has 0 aliphatic heterocycles. The van der Waals surface area contributed by atoms with Crippen LogP contribution in [0, 0.1) is 31.6 Å². The molecule has 0 nitrogen and oxygen atoms in total. The largest absolute Gasteiger partial charge is 0.0622 e. The molecule has 5 radical (unpaired) electrons. The number of hydrogen-bond acceptors (Lipinski definition) is 0. The maximum atomic E-state index is 2.29.